The average Bonchev–Trinajstić information content (AvgIpc) is 3.08. The first-order chi connectivity index (χ1) is 13.6. The number of amides is 1. The number of benzene rings is 1. The van der Waals surface area contributed by atoms with Crippen molar-refractivity contribution in [3.05, 3.63) is 23.8 Å². The molecule has 0 saturated carbocycles. The highest BCUT2D eigenvalue weighted by Crippen LogP contribution is 2.35. The van der Waals surface area contributed by atoms with Crippen LogP contribution < -0.4 is 9.47 Å². The number of piperidine rings is 1. The van der Waals surface area contributed by atoms with E-state index in [0.29, 0.717) is 25.6 Å². The van der Waals surface area contributed by atoms with Gasteiger partial charge in [-0.3, -0.25) is 4.90 Å². The molecular weight excluding hydrogens is 370 g/mol. The molecule has 1 aromatic carbocycles. The van der Waals surface area contributed by atoms with Crippen molar-refractivity contribution in [2.45, 2.75) is 31.8 Å². The Morgan fingerprint density at radius 1 is 1.11 bits per heavy atom. The van der Waals surface area contributed by atoms with E-state index in [1.165, 1.54) is 6.07 Å². The molecule has 154 valence electrons. The van der Waals surface area contributed by atoms with Crippen LogP contribution in [0.5, 0.6) is 11.5 Å². The Balaban J connectivity index is 1.18. The van der Waals surface area contributed by atoms with E-state index in [4.69, 9.17) is 14.2 Å². The lowest BCUT2D eigenvalue weighted by Crippen LogP contribution is -2.44. The van der Waals surface area contributed by atoms with Crippen molar-refractivity contribution < 1.29 is 27.8 Å². The molecule has 4 rings (SSSR count). The summed E-state index contributed by atoms with van der Waals surface area (Å²) in [6.45, 7) is 4.89. The van der Waals surface area contributed by atoms with E-state index in [2.05, 4.69) is 4.90 Å². The number of carbonyl (C=O) groups excluding carboxylic acids is 1. The highest BCUT2D eigenvalue weighted by Gasteiger charge is 2.28. The third-order valence-corrected chi connectivity index (χ3v) is 5.74. The minimum Gasteiger partial charge on any atom is -0.483 e. The van der Waals surface area contributed by atoms with Gasteiger partial charge in [0.2, 0.25) is 0 Å². The maximum Gasteiger partial charge on any atom is 0.409 e. The van der Waals surface area contributed by atoms with Crippen molar-refractivity contribution in [2.24, 2.45) is 5.92 Å². The number of hydrogen-bond donors (Lipinski definition) is 0. The summed E-state index contributed by atoms with van der Waals surface area (Å²) < 4.78 is 43.3. The lowest BCUT2D eigenvalue weighted by atomic mass is 9.92. The number of nitrogens with zero attached hydrogens (tertiary/aromatic N) is 2. The van der Waals surface area contributed by atoms with Crippen LogP contribution in [0.1, 0.15) is 25.7 Å². The molecule has 8 heteroatoms. The Hall–Kier alpha value is -2.09. The van der Waals surface area contributed by atoms with Crippen LogP contribution in [0.3, 0.4) is 0 Å². The molecule has 1 unspecified atom stereocenters. The fourth-order valence-electron chi connectivity index (χ4n) is 4.19. The Labute approximate surface area is 163 Å². The molecule has 3 aliphatic heterocycles. The minimum absolute atomic E-state index is 0.00163. The third-order valence-electron chi connectivity index (χ3n) is 5.74. The van der Waals surface area contributed by atoms with Crippen molar-refractivity contribution in [1.29, 1.82) is 0 Å². The Bertz CT molecular complexity index is 710. The van der Waals surface area contributed by atoms with Gasteiger partial charge in [0.15, 0.2) is 17.3 Å². The van der Waals surface area contributed by atoms with Gasteiger partial charge < -0.3 is 19.1 Å². The predicted octanol–water partition coefficient (Wildman–Crippen LogP) is 3.05. The van der Waals surface area contributed by atoms with E-state index in [1.54, 1.807) is 4.90 Å². The van der Waals surface area contributed by atoms with Crippen LogP contribution in [0.25, 0.3) is 0 Å². The zero-order valence-electron chi connectivity index (χ0n) is 15.9. The van der Waals surface area contributed by atoms with Gasteiger partial charge >= 0.3 is 6.09 Å². The highest BCUT2D eigenvalue weighted by atomic mass is 19.1. The van der Waals surface area contributed by atoms with Crippen LogP contribution >= 0.6 is 0 Å². The molecule has 3 aliphatic rings. The number of hydrogen-bond acceptors (Lipinski definition) is 5. The number of rotatable bonds is 6. The van der Waals surface area contributed by atoms with Gasteiger partial charge in [-0.15, -0.1) is 0 Å². The van der Waals surface area contributed by atoms with Crippen molar-refractivity contribution in [1.82, 2.24) is 9.80 Å². The van der Waals surface area contributed by atoms with Crippen LogP contribution in [0.4, 0.5) is 13.6 Å². The lowest BCUT2D eigenvalue weighted by Gasteiger charge is -2.35. The summed E-state index contributed by atoms with van der Waals surface area (Å²) in [5, 5.41) is 0. The van der Waals surface area contributed by atoms with Crippen molar-refractivity contribution in [3.8, 4) is 11.5 Å². The summed E-state index contributed by atoms with van der Waals surface area (Å²) in [4.78, 5) is 15.5. The number of likely N-dealkylation sites (tertiary alicyclic amines) is 1. The quantitative estimate of drug-likeness (QED) is 0.740. The monoisotopic (exact) mass is 396 g/mol. The first-order valence-electron chi connectivity index (χ1n) is 10.0. The van der Waals surface area contributed by atoms with Crippen LogP contribution in [0, 0.1) is 17.6 Å². The fourth-order valence-corrected chi connectivity index (χ4v) is 4.19. The molecule has 0 radical (unpaired) electrons. The molecule has 1 aromatic rings. The average molecular weight is 396 g/mol. The van der Waals surface area contributed by atoms with E-state index >= 15 is 0 Å². The second kappa shape index (κ2) is 8.51. The topological polar surface area (TPSA) is 51.2 Å². The van der Waals surface area contributed by atoms with Crippen molar-refractivity contribution in [3.63, 3.8) is 0 Å². The van der Waals surface area contributed by atoms with Gasteiger partial charge in [-0.25, -0.2) is 13.6 Å². The Morgan fingerprint density at radius 2 is 1.93 bits per heavy atom. The number of carbonyl (C=O) groups is 1. The normalized spacial score (nSPS) is 23.1. The van der Waals surface area contributed by atoms with E-state index < -0.39 is 11.6 Å². The number of fused-ring (bicyclic) bond motifs is 1. The first kappa shape index (κ1) is 19.2. The van der Waals surface area contributed by atoms with E-state index in [1.807, 2.05) is 0 Å². The highest BCUT2D eigenvalue weighted by molar-refractivity contribution is 5.69. The van der Waals surface area contributed by atoms with Crippen LogP contribution in [0.15, 0.2) is 12.1 Å². The molecule has 1 amide bonds. The molecule has 0 aromatic heterocycles. The third kappa shape index (κ3) is 4.48. The van der Waals surface area contributed by atoms with Crippen molar-refractivity contribution in [2.75, 3.05) is 45.9 Å². The molecule has 0 aliphatic carbocycles. The van der Waals surface area contributed by atoms with Gasteiger partial charge in [-0.1, -0.05) is 0 Å². The molecule has 2 fully saturated rings. The van der Waals surface area contributed by atoms with Crippen LogP contribution in [-0.2, 0) is 4.74 Å². The molecular formula is C20H26F2N2O4. The van der Waals surface area contributed by atoms with Crippen LogP contribution in [-0.4, -0.2) is 67.9 Å². The molecule has 6 nitrogen and oxygen atoms in total. The van der Waals surface area contributed by atoms with Crippen LogP contribution in [0.2, 0.25) is 0 Å². The SMILES string of the molecule is O=C1OCCN1CCCC1CCN(CC2COc3c(F)cc(F)cc3O2)CC1. The number of ether oxygens (including phenoxy) is 3. The smallest absolute Gasteiger partial charge is 0.409 e. The van der Waals surface area contributed by atoms with E-state index in [0.717, 1.165) is 51.4 Å². The second-order valence-electron chi connectivity index (χ2n) is 7.75. The van der Waals surface area contributed by atoms with E-state index in [-0.39, 0.29) is 30.3 Å². The van der Waals surface area contributed by atoms with Gasteiger partial charge in [-0.05, 0) is 44.7 Å². The zero-order valence-corrected chi connectivity index (χ0v) is 15.9. The summed E-state index contributed by atoms with van der Waals surface area (Å²) in [7, 11) is 0. The minimum atomic E-state index is -0.726. The van der Waals surface area contributed by atoms with Crippen molar-refractivity contribution >= 4 is 6.09 Å². The van der Waals surface area contributed by atoms with E-state index in [9.17, 15) is 13.6 Å². The first-order valence-corrected chi connectivity index (χ1v) is 10.0. The van der Waals surface area contributed by atoms with Gasteiger partial charge in [0.1, 0.15) is 25.1 Å². The summed E-state index contributed by atoms with van der Waals surface area (Å²) in [5.41, 5.74) is 0. The number of cyclic esters (lactones) is 1. The Kier molecular flexibility index (Phi) is 5.85. The molecule has 2 saturated heterocycles. The summed E-state index contributed by atoms with van der Waals surface area (Å²) >= 11 is 0. The maximum absolute atomic E-state index is 13.7. The summed E-state index contributed by atoms with van der Waals surface area (Å²) in [6, 6.07) is 1.98. The fraction of sp³-hybridized carbons (Fsp3) is 0.650. The Morgan fingerprint density at radius 3 is 2.68 bits per heavy atom. The molecule has 28 heavy (non-hydrogen) atoms. The lowest BCUT2D eigenvalue weighted by molar-refractivity contribution is 0.0441. The molecule has 0 N–H and O–H groups in total. The molecule has 0 bridgehead atoms. The van der Waals surface area contributed by atoms with Gasteiger partial charge in [-0.2, -0.15) is 0 Å². The molecule has 0 spiro atoms. The maximum atomic E-state index is 13.7. The molecule has 1 atom stereocenters. The standard InChI is InChI=1S/C20H26F2N2O4/c21-15-10-17(22)19-18(11-15)28-16(13-27-19)12-23-6-3-14(4-7-23)2-1-5-24-8-9-26-20(24)25/h10-11,14,16H,1-9,12-13H2. The summed E-state index contributed by atoms with van der Waals surface area (Å²) in [5.74, 6) is -0.579. The van der Waals surface area contributed by atoms with Gasteiger partial charge in [0, 0.05) is 25.2 Å². The zero-order chi connectivity index (χ0) is 19.5. The second-order valence-corrected chi connectivity index (χ2v) is 7.75. The number of halogens is 2. The van der Waals surface area contributed by atoms with Gasteiger partial charge in [0.25, 0.3) is 0 Å². The largest absolute Gasteiger partial charge is 0.483 e. The molecule has 3 heterocycles. The van der Waals surface area contributed by atoms with Gasteiger partial charge in [0.05, 0.1) is 6.54 Å². The predicted molar refractivity (Wildman–Crippen MR) is 97.6 cm³/mol. The summed E-state index contributed by atoms with van der Waals surface area (Å²) in [6.07, 6.45) is 3.92.